The molecular weight excluding hydrogens is 314 g/mol. The Morgan fingerprint density at radius 2 is 1.83 bits per heavy atom. The molecule has 0 fully saturated rings. The van der Waals surface area contributed by atoms with E-state index < -0.39 is 16.1 Å². The lowest BCUT2D eigenvalue weighted by molar-refractivity contribution is 0.168. The SMILES string of the molecule is COc1ccc(S(=O)(=O)N2CCC[C@@H](O)c3ccccc32)cc1. The summed E-state index contributed by atoms with van der Waals surface area (Å²) in [5, 5.41) is 10.2. The van der Waals surface area contributed by atoms with Gasteiger partial charge in [-0.2, -0.15) is 0 Å². The van der Waals surface area contributed by atoms with E-state index in [-0.39, 0.29) is 4.90 Å². The van der Waals surface area contributed by atoms with Crippen molar-refractivity contribution >= 4 is 15.7 Å². The highest BCUT2D eigenvalue weighted by molar-refractivity contribution is 7.92. The Bertz CT molecular complexity index is 786. The van der Waals surface area contributed by atoms with Gasteiger partial charge >= 0.3 is 0 Å². The highest BCUT2D eigenvalue weighted by Crippen LogP contribution is 2.35. The summed E-state index contributed by atoms with van der Waals surface area (Å²) in [5.74, 6) is 0.607. The molecule has 0 bridgehead atoms. The van der Waals surface area contributed by atoms with Crippen molar-refractivity contribution < 1.29 is 18.3 Å². The molecule has 122 valence electrons. The second-order valence-electron chi connectivity index (χ2n) is 5.47. The second kappa shape index (κ2) is 6.22. The van der Waals surface area contributed by atoms with E-state index in [1.165, 1.54) is 23.5 Å². The molecule has 1 atom stereocenters. The number of sulfonamides is 1. The minimum absolute atomic E-state index is 0.212. The van der Waals surface area contributed by atoms with Crippen LogP contribution in [-0.4, -0.2) is 27.2 Å². The number of aliphatic hydroxyl groups is 1. The van der Waals surface area contributed by atoms with Crippen LogP contribution in [0, 0.1) is 0 Å². The van der Waals surface area contributed by atoms with Gasteiger partial charge in [0.1, 0.15) is 5.75 Å². The van der Waals surface area contributed by atoms with Gasteiger partial charge in [-0.15, -0.1) is 0 Å². The van der Waals surface area contributed by atoms with Crippen LogP contribution in [0.25, 0.3) is 0 Å². The van der Waals surface area contributed by atoms with Crippen LogP contribution in [0.4, 0.5) is 5.69 Å². The van der Waals surface area contributed by atoms with Crippen LogP contribution in [0.1, 0.15) is 24.5 Å². The van der Waals surface area contributed by atoms with Gasteiger partial charge in [0.15, 0.2) is 0 Å². The highest BCUT2D eigenvalue weighted by atomic mass is 32.2. The first-order valence-electron chi connectivity index (χ1n) is 7.48. The monoisotopic (exact) mass is 333 g/mol. The van der Waals surface area contributed by atoms with Crippen molar-refractivity contribution in [1.29, 1.82) is 0 Å². The molecule has 6 heteroatoms. The van der Waals surface area contributed by atoms with E-state index in [9.17, 15) is 13.5 Å². The Morgan fingerprint density at radius 1 is 1.13 bits per heavy atom. The minimum Gasteiger partial charge on any atom is -0.497 e. The van der Waals surface area contributed by atoms with Crippen LogP contribution in [0.2, 0.25) is 0 Å². The fraction of sp³-hybridized carbons (Fsp3) is 0.294. The first-order chi connectivity index (χ1) is 11.0. The minimum atomic E-state index is -3.68. The van der Waals surface area contributed by atoms with Crippen molar-refractivity contribution in [1.82, 2.24) is 0 Å². The van der Waals surface area contributed by atoms with Crippen LogP contribution in [0.3, 0.4) is 0 Å². The molecule has 0 spiro atoms. The average Bonchev–Trinajstić information content (AvgIpc) is 2.75. The molecule has 1 aliphatic heterocycles. The molecule has 1 aliphatic rings. The molecular formula is C17H19NO4S. The molecule has 1 N–H and O–H groups in total. The molecule has 2 aromatic rings. The first-order valence-corrected chi connectivity index (χ1v) is 8.92. The molecule has 0 aliphatic carbocycles. The van der Waals surface area contributed by atoms with Crippen LogP contribution in [-0.2, 0) is 10.0 Å². The van der Waals surface area contributed by atoms with Crippen LogP contribution >= 0.6 is 0 Å². The maximum Gasteiger partial charge on any atom is 0.264 e. The molecule has 3 rings (SSSR count). The predicted molar refractivity (Wildman–Crippen MR) is 88.2 cm³/mol. The number of nitrogens with zero attached hydrogens (tertiary/aromatic N) is 1. The van der Waals surface area contributed by atoms with Crippen molar-refractivity contribution in [2.45, 2.75) is 23.8 Å². The fourth-order valence-electron chi connectivity index (χ4n) is 2.83. The van der Waals surface area contributed by atoms with E-state index in [0.717, 1.165) is 0 Å². The van der Waals surface area contributed by atoms with Crippen molar-refractivity contribution in [2.75, 3.05) is 18.0 Å². The molecule has 0 radical (unpaired) electrons. The summed E-state index contributed by atoms with van der Waals surface area (Å²) >= 11 is 0. The van der Waals surface area contributed by atoms with Gasteiger partial charge in [-0.05, 0) is 43.2 Å². The quantitative estimate of drug-likeness (QED) is 0.938. The molecule has 1 heterocycles. The fourth-order valence-corrected chi connectivity index (χ4v) is 4.35. The van der Waals surface area contributed by atoms with Gasteiger partial charge in [0.2, 0.25) is 0 Å². The third-order valence-corrected chi connectivity index (χ3v) is 5.88. The topological polar surface area (TPSA) is 66.8 Å². The number of para-hydroxylation sites is 1. The third-order valence-electron chi connectivity index (χ3n) is 4.05. The smallest absolute Gasteiger partial charge is 0.264 e. The van der Waals surface area contributed by atoms with Crippen LogP contribution in [0.5, 0.6) is 5.75 Å². The van der Waals surface area contributed by atoms with E-state index in [4.69, 9.17) is 4.74 Å². The second-order valence-corrected chi connectivity index (χ2v) is 7.33. The number of hydrogen-bond donors (Lipinski definition) is 1. The van der Waals surface area contributed by atoms with Gasteiger partial charge in [-0.3, -0.25) is 4.31 Å². The van der Waals surface area contributed by atoms with Crippen molar-refractivity contribution in [3.63, 3.8) is 0 Å². The predicted octanol–water partition coefficient (Wildman–Crippen LogP) is 2.72. The van der Waals surface area contributed by atoms with Gasteiger partial charge < -0.3 is 9.84 Å². The van der Waals surface area contributed by atoms with E-state index in [2.05, 4.69) is 0 Å². The number of ether oxygens (including phenoxy) is 1. The van der Waals surface area contributed by atoms with E-state index in [1.54, 1.807) is 30.3 Å². The zero-order valence-corrected chi connectivity index (χ0v) is 13.7. The maximum absolute atomic E-state index is 13.0. The Balaban J connectivity index is 2.06. The van der Waals surface area contributed by atoms with Crippen molar-refractivity contribution in [3.8, 4) is 5.75 Å². The summed E-state index contributed by atoms with van der Waals surface area (Å²) in [4.78, 5) is 0.212. The summed E-state index contributed by atoms with van der Waals surface area (Å²) < 4.78 is 32.5. The lowest BCUT2D eigenvalue weighted by Crippen LogP contribution is -2.31. The van der Waals surface area contributed by atoms with E-state index >= 15 is 0 Å². The number of aliphatic hydroxyl groups excluding tert-OH is 1. The number of hydrogen-bond acceptors (Lipinski definition) is 4. The Labute approximate surface area is 136 Å². The molecule has 0 saturated heterocycles. The van der Waals surface area contributed by atoms with Crippen molar-refractivity contribution in [3.05, 3.63) is 54.1 Å². The zero-order chi connectivity index (χ0) is 16.4. The number of benzene rings is 2. The Morgan fingerprint density at radius 3 is 2.52 bits per heavy atom. The molecule has 2 aromatic carbocycles. The number of anilines is 1. The Hall–Kier alpha value is -2.05. The van der Waals surface area contributed by atoms with Gasteiger partial charge in [0.05, 0.1) is 23.8 Å². The molecule has 5 nitrogen and oxygen atoms in total. The lowest BCUT2D eigenvalue weighted by atomic mass is 10.1. The molecule has 0 saturated carbocycles. The van der Waals surface area contributed by atoms with E-state index in [0.29, 0.717) is 36.4 Å². The molecule has 0 unspecified atom stereocenters. The summed E-state index contributed by atoms with van der Waals surface area (Å²) in [6.07, 6.45) is 0.513. The molecule has 0 aromatic heterocycles. The summed E-state index contributed by atoms with van der Waals surface area (Å²) in [7, 11) is -2.14. The third kappa shape index (κ3) is 2.92. The zero-order valence-electron chi connectivity index (χ0n) is 12.8. The standard InChI is InChI=1S/C17H19NO4S/c1-22-13-8-10-14(11-9-13)23(20,21)18-12-4-7-17(19)15-5-2-3-6-16(15)18/h2-3,5-6,8-11,17,19H,4,7,12H2,1H3/t17-/m1/s1. The van der Waals surface area contributed by atoms with Crippen molar-refractivity contribution in [2.24, 2.45) is 0 Å². The van der Waals surface area contributed by atoms with Crippen LogP contribution < -0.4 is 9.04 Å². The highest BCUT2D eigenvalue weighted by Gasteiger charge is 2.30. The Kier molecular flexibility index (Phi) is 4.28. The van der Waals surface area contributed by atoms with Crippen LogP contribution in [0.15, 0.2) is 53.4 Å². The molecule has 0 amide bonds. The van der Waals surface area contributed by atoms with Gasteiger partial charge in [0.25, 0.3) is 10.0 Å². The summed E-state index contributed by atoms with van der Waals surface area (Å²) in [6, 6.07) is 13.5. The number of fused-ring (bicyclic) bond motifs is 1. The average molecular weight is 333 g/mol. The largest absolute Gasteiger partial charge is 0.497 e. The normalized spacial score (nSPS) is 18.2. The van der Waals surface area contributed by atoms with E-state index in [1.807, 2.05) is 6.07 Å². The van der Waals surface area contributed by atoms with Gasteiger partial charge in [0, 0.05) is 12.1 Å². The number of methoxy groups -OCH3 is 1. The van der Waals surface area contributed by atoms with Gasteiger partial charge in [-0.25, -0.2) is 8.42 Å². The maximum atomic E-state index is 13.0. The summed E-state index contributed by atoms with van der Waals surface area (Å²) in [6.45, 7) is 0.350. The molecule has 23 heavy (non-hydrogen) atoms. The number of rotatable bonds is 3. The lowest BCUT2D eigenvalue weighted by Gasteiger charge is -2.24. The first kappa shape index (κ1) is 15.8. The summed E-state index contributed by atoms with van der Waals surface area (Å²) in [5.41, 5.74) is 1.20. The van der Waals surface area contributed by atoms with Gasteiger partial charge in [-0.1, -0.05) is 18.2 Å².